The van der Waals surface area contributed by atoms with E-state index in [2.05, 4.69) is 10.2 Å². The highest BCUT2D eigenvalue weighted by Crippen LogP contribution is 2.24. The van der Waals surface area contributed by atoms with E-state index in [1.807, 2.05) is 49.4 Å². The van der Waals surface area contributed by atoms with Crippen LogP contribution in [0.5, 0.6) is 0 Å². The van der Waals surface area contributed by atoms with Crippen molar-refractivity contribution in [3.05, 3.63) is 59.2 Å². The lowest BCUT2D eigenvalue weighted by molar-refractivity contribution is -0.117. The number of amides is 1. The van der Waals surface area contributed by atoms with E-state index >= 15 is 0 Å². The highest BCUT2D eigenvalue weighted by Gasteiger charge is 2.20. The van der Waals surface area contributed by atoms with Crippen LogP contribution >= 0.6 is 0 Å². The van der Waals surface area contributed by atoms with Crippen LogP contribution in [-0.4, -0.2) is 17.4 Å². The fourth-order valence-electron chi connectivity index (χ4n) is 2.72. The smallest absolute Gasteiger partial charge is 0.238 e. The molecule has 0 aromatic heterocycles. The summed E-state index contributed by atoms with van der Waals surface area (Å²) in [6.45, 7) is 3.98. The first-order valence-electron chi connectivity index (χ1n) is 7.06. The summed E-state index contributed by atoms with van der Waals surface area (Å²) in [6.07, 6.45) is 0. The standard InChI is InChI=1S/C17H19N3O/c1-12-3-2-4-16(7-12)19-17(21)11-20-9-13-5-6-15(18)8-14(13)10-20/h2-8H,9-11,18H2,1H3,(H,19,21). The van der Waals surface area contributed by atoms with Crippen LogP contribution in [0, 0.1) is 6.92 Å². The van der Waals surface area contributed by atoms with E-state index in [0.717, 1.165) is 30.0 Å². The van der Waals surface area contributed by atoms with Crippen molar-refractivity contribution in [2.45, 2.75) is 20.0 Å². The van der Waals surface area contributed by atoms with Gasteiger partial charge < -0.3 is 11.1 Å². The van der Waals surface area contributed by atoms with Crippen LogP contribution in [0.4, 0.5) is 11.4 Å². The van der Waals surface area contributed by atoms with Gasteiger partial charge in [0.05, 0.1) is 6.54 Å². The number of benzene rings is 2. The molecule has 108 valence electrons. The predicted octanol–water partition coefficient (Wildman–Crippen LogP) is 2.53. The second kappa shape index (κ2) is 5.58. The average Bonchev–Trinajstić information content (AvgIpc) is 2.79. The lowest BCUT2D eigenvalue weighted by Gasteiger charge is -2.14. The molecule has 0 saturated heterocycles. The molecule has 0 fully saturated rings. The Bertz CT molecular complexity index is 681. The molecule has 0 saturated carbocycles. The summed E-state index contributed by atoms with van der Waals surface area (Å²) >= 11 is 0. The van der Waals surface area contributed by atoms with Crippen LogP contribution in [0.25, 0.3) is 0 Å². The molecule has 1 aliphatic rings. The molecule has 0 spiro atoms. The molecule has 1 amide bonds. The van der Waals surface area contributed by atoms with Gasteiger partial charge in [-0.1, -0.05) is 18.2 Å². The van der Waals surface area contributed by atoms with E-state index in [0.29, 0.717) is 6.54 Å². The van der Waals surface area contributed by atoms with Gasteiger partial charge in [0.2, 0.25) is 5.91 Å². The van der Waals surface area contributed by atoms with Gasteiger partial charge in [0, 0.05) is 24.5 Å². The number of fused-ring (bicyclic) bond motifs is 1. The quantitative estimate of drug-likeness (QED) is 0.850. The van der Waals surface area contributed by atoms with Crippen molar-refractivity contribution in [3.63, 3.8) is 0 Å². The monoisotopic (exact) mass is 281 g/mol. The molecule has 4 heteroatoms. The van der Waals surface area contributed by atoms with Crippen molar-refractivity contribution in [1.82, 2.24) is 4.90 Å². The Balaban J connectivity index is 1.60. The summed E-state index contributed by atoms with van der Waals surface area (Å²) < 4.78 is 0. The number of carbonyl (C=O) groups excluding carboxylic acids is 1. The SMILES string of the molecule is Cc1cccc(NC(=O)CN2Cc3ccc(N)cc3C2)c1. The first kappa shape index (κ1) is 13.6. The first-order chi connectivity index (χ1) is 10.1. The van der Waals surface area contributed by atoms with Gasteiger partial charge in [0.25, 0.3) is 0 Å². The molecule has 2 aromatic rings. The van der Waals surface area contributed by atoms with Gasteiger partial charge in [-0.2, -0.15) is 0 Å². The number of carbonyl (C=O) groups is 1. The van der Waals surface area contributed by atoms with E-state index in [-0.39, 0.29) is 5.91 Å². The van der Waals surface area contributed by atoms with Gasteiger partial charge in [0.15, 0.2) is 0 Å². The number of nitrogens with zero attached hydrogens (tertiary/aromatic N) is 1. The zero-order chi connectivity index (χ0) is 14.8. The van der Waals surface area contributed by atoms with E-state index in [4.69, 9.17) is 5.73 Å². The minimum absolute atomic E-state index is 0.0152. The molecule has 0 radical (unpaired) electrons. The van der Waals surface area contributed by atoms with Gasteiger partial charge in [0.1, 0.15) is 0 Å². The van der Waals surface area contributed by atoms with Crippen LogP contribution < -0.4 is 11.1 Å². The third kappa shape index (κ3) is 3.23. The summed E-state index contributed by atoms with van der Waals surface area (Å²) in [5.41, 5.74) is 11.0. The maximum Gasteiger partial charge on any atom is 0.238 e. The fourth-order valence-corrected chi connectivity index (χ4v) is 2.72. The normalized spacial score (nSPS) is 14.0. The maximum absolute atomic E-state index is 12.1. The Kier molecular flexibility index (Phi) is 3.62. The van der Waals surface area contributed by atoms with Crippen LogP contribution in [0.3, 0.4) is 0 Å². The minimum Gasteiger partial charge on any atom is -0.399 e. The predicted molar refractivity (Wildman–Crippen MR) is 84.8 cm³/mol. The Morgan fingerprint density at radius 3 is 2.81 bits per heavy atom. The lowest BCUT2D eigenvalue weighted by atomic mass is 10.1. The number of hydrogen-bond acceptors (Lipinski definition) is 3. The third-order valence-electron chi connectivity index (χ3n) is 3.69. The van der Waals surface area contributed by atoms with Crippen LogP contribution in [0.2, 0.25) is 0 Å². The molecule has 1 heterocycles. The molecule has 2 aromatic carbocycles. The summed E-state index contributed by atoms with van der Waals surface area (Å²) in [5, 5.41) is 2.94. The highest BCUT2D eigenvalue weighted by atomic mass is 16.2. The molecule has 0 bridgehead atoms. The van der Waals surface area contributed by atoms with E-state index in [1.54, 1.807) is 0 Å². The summed E-state index contributed by atoms with van der Waals surface area (Å²) in [5.74, 6) is 0.0152. The Morgan fingerprint density at radius 1 is 1.19 bits per heavy atom. The van der Waals surface area contributed by atoms with E-state index < -0.39 is 0 Å². The van der Waals surface area contributed by atoms with Crippen molar-refractivity contribution in [2.75, 3.05) is 17.6 Å². The molecule has 0 aliphatic carbocycles. The molecule has 1 aliphatic heterocycles. The zero-order valence-corrected chi connectivity index (χ0v) is 12.1. The third-order valence-corrected chi connectivity index (χ3v) is 3.69. The molecule has 3 rings (SSSR count). The molecular weight excluding hydrogens is 262 g/mol. The van der Waals surface area contributed by atoms with Crippen LogP contribution in [0.1, 0.15) is 16.7 Å². The highest BCUT2D eigenvalue weighted by molar-refractivity contribution is 5.92. The molecule has 0 unspecified atom stereocenters. The largest absolute Gasteiger partial charge is 0.399 e. The molecule has 4 nitrogen and oxygen atoms in total. The molecule has 3 N–H and O–H groups in total. The molecular formula is C17H19N3O. The molecule has 21 heavy (non-hydrogen) atoms. The lowest BCUT2D eigenvalue weighted by Crippen LogP contribution is -2.29. The number of nitrogen functional groups attached to an aromatic ring is 1. The minimum atomic E-state index is 0.0152. The second-order valence-electron chi connectivity index (χ2n) is 5.59. The number of nitrogens with one attached hydrogen (secondary N) is 1. The number of aryl methyl sites for hydroxylation is 1. The van der Waals surface area contributed by atoms with Gasteiger partial charge >= 0.3 is 0 Å². The van der Waals surface area contributed by atoms with Gasteiger partial charge in [-0.05, 0) is 47.9 Å². The second-order valence-corrected chi connectivity index (χ2v) is 5.59. The number of nitrogens with two attached hydrogens (primary N) is 1. The summed E-state index contributed by atoms with van der Waals surface area (Å²) in [6, 6.07) is 13.8. The number of hydrogen-bond donors (Lipinski definition) is 2. The zero-order valence-electron chi connectivity index (χ0n) is 12.1. The first-order valence-corrected chi connectivity index (χ1v) is 7.06. The van der Waals surface area contributed by atoms with Gasteiger partial charge in [-0.25, -0.2) is 0 Å². The van der Waals surface area contributed by atoms with Gasteiger partial charge in [-0.15, -0.1) is 0 Å². The van der Waals surface area contributed by atoms with Crippen molar-refractivity contribution in [2.24, 2.45) is 0 Å². The van der Waals surface area contributed by atoms with Crippen molar-refractivity contribution in [3.8, 4) is 0 Å². The molecule has 0 atom stereocenters. The van der Waals surface area contributed by atoms with E-state index in [1.165, 1.54) is 11.1 Å². The van der Waals surface area contributed by atoms with Crippen molar-refractivity contribution in [1.29, 1.82) is 0 Å². The van der Waals surface area contributed by atoms with Crippen molar-refractivity contribution >= 4 is 17.3 Å². The summed E-state index contributed by atoms with van der Waals surface area (Å²) in [4.78, 5) is 14.2. The van der Waals surface area contributed by atoms with E-state index in [9.17, 15) is 4.79 Å². The van der Waals surface area contributed by atoms with Crippen molar-refractivity contribution < 1.29 is 4.79 Å². The van der Waals surface area contributed by atoms with Crippen LogP contribution in [-0.2, 0) is 17.9 Å². The Labute approximate surface area is 124 Å². The summed E-state index contributed by atoms with van der Waals surface area (Å²) in [7, 11) is 0. The topological polar surface area (TPSA) is 58.4 Å². The number of anilines is 2. The Hall–Kier alpha value is -2.33. The number of rotatable bonds is 3. The fraction of sp³-hybridized carbons (Fsp3) is 0.235. The van der Waals surface area contributed by atoms with Crippen LogP contribution in [0.15, 0.2) is 42.5 Å². The average molecular weight is 281 g/mol. The van der Waals surface area contributed by atoms with Gasteiger partial charge in [-0.3, -0.25) is 9.69 Å². The Morgan fingerprint density at radius 2 is 2.00 bits per heavy atom. The maximum atomic E-state index is 12.1.